The van der Waals surface area contributed by atoms with Crippen LogP contribution in [-0.4, -0.2) is 63.6 Å². The van der Waals surface area contributed by atoms with Crippen molar-refractivity contribution in [3.63, 3.8) is 0 Å². The van der Waals surface area contributed by atoms with Gasteiger partial charge in [-0.2, -0.15) is 0 Å². The minimum absolute atomic E-state index is 0. The lowest BCUT2D eigenvalue weighted by atomic mass is 10.0. The average molecular weight is 1090 g/mol. The van der Waals surface area contributed by atoms with Crippen LogP contribution in [-0.2, 0) is 4.74 Å². The van der Waals surface area contributed by atoms with Crippen LogP contribution in [0.4, 0.5) is 43.9 Å². The zero-order chi connectivity index (χ0) is 48.5. The van der Waals surface area contributed by atoms with E-state index in [0.29, 0.717) is 17.2 Å². The van der Waals surface area contributed by atoms with Crippen molar-refractivity contribution in [3.8, 4) is 44.5 Å². The maximum Gasteiger partial charge on any atom is 0.338 e. The summed E-state index contributed by atoms with van der Waals surface area (Å²) >= 11 is 2.06. The van der Waals surface area contributed by atoms with Crippen LogP contribution in [0.3, 0.4) is 0 Å². The third kappa shape index (κ3) is 9.04. The van der Waals surface area contributed by atoms with Crippen molar-refractivity contribution in [1.82, 2.24) is 19.9 Å². The van der Waals surface area contributed by atoms with Crippen LogP contribution in [0, 0.1) is 61.7 Å². The van der Waals surface area contributed by atoms with Crippen molar-refractivity contribution in [2.75, 3.05) is 6.61 Å². The predicted molar refractivity (Wildman–Crippen MR) is 260 cm³/mol. The average Bonchev–Trinajstić information content (AvgIpc) is 4.17. The molecule has 0 aliphatic carbocycles. The summed E-state index contributed by atoms with van der Waals surface area (Å²) in [6.07, 6.45) is 5.35. The van der Waals surface area contributed by atoms with Gasteiger partial charge < -0.3 is 14.7 Å². The van der Waals surface area contributed by atoms with Crippen LogP contribution in [0.2, 0.25) is 25.7 Å². The number of nitrogens with one attached hydrogen (secondary N) is 2. The number of esters is 1. The molecule has 4 aromatic carbocycles. The van der Waals surface area contributed by atoms with Gasteiger partial charge in [-0.15, -0.1) is 0 Å². The Balaban J connectivity index is 0.00000642. The number of nitrogens with zero attached hydrogens (tertiary/aromatic N) is 2. The molecule has 19 heteroatoms. The van der Waals surface area contributed by atoms with E-state index < -0.39 is 94.5 Å². The molecule has 0 radical (unpaired) electrons. The number of ether oxygens (including phenoxy) is 1. The molecule has 69 heavy (non-hydrogen) atoms. The van der Waals surface area contributed by atoms with Gasteiger partial charge in [0.15, 0.2) is 46.5 Å². The number of H-pyrrole nitrogens is 2. The van der Waals surface area contributed by atoms with Crippen LogP contribution >= 0.6 is 22.6 Å². The van der Waals surface area contributed by atoms with Gasteiger partial charge >= 0.3 is 29.0 Å². The molecule has 0 saturated carbocycles. The highest BCUT2D eigenvalue weighted by atomic mass is 127. The number of hydrogen-bond acceptors (Lipinski definition) is 4. The van der Waals surface area contributed by atoms with E-state index in [2.05, 4.69) is 62.2 Å². The molecule has 0 saturated heterocycles. The normalized spacial score (nSPS) is 12.1. The van der Waals surface area contributed by atoms with Crippen molar-refractivity contribution in [3.05, 3.63) is 163 Å². The molecule has 5 heterocycles. The Morgan fingerprint density at radius 2 is 0.797 bits per heavy atom. The fourth-order valence-electron chi connectivity index (χ4n) is 7.91. The molecule has 6 nitrogen and oxygen atoms in total. The Labute approximate surface area is 416 Å². The number of rotatable bonds is 8. The van der Waals surface area contributed by atoms with E-state index in [1.165, 1.54) is 72.8 Å². The summed E-state index contributed by atoms with van der Waals surface area (Å²) in [7, 11) is -1.56. The van der Waals surface area contributed by atoms with Gasteiger partial charge in [0, 0.05) is 56.0 Å². The number of benzene rings is 4. The topological polar surface area (TPSA) is 83.7 Å². The molecule has 7 aromatic rings. The first-order chi connectivity index (χ1) is 32.3. The second kappa shape index (κ2) is 19.0. The third-order valence-corrected chi connectivity index (χ3v) is 13.7. The lowest BCUT2D eigenvalue weighted by Gasteiger charge is -2.15. The monoisotopic (exact) mass is 1090 g/mol. The van der Waals surface area contributed by atoms with E-state index >= 15 is 35.1 Å². The van der Waals surface area contributed by atoms with Crippen LogP contribution in [0.25, 0.3) is 90.9 Å². The van der Waals surface area contributed by atoms with Gasteiger partial charge in [0.05, 0.1) is 46.1 Å². The van der Waals surface area contributed by atoms with Crippen LogP contribution in [0.5, 0.6) is 0 Å². The molecule has 0 spiro atoms. The van der Waals surface area contributed by atoms with Gasteiger partial charge in [0.25, 0.3) is 0 Å². The number of fused-ring (bicyclic) bond motifs is 8. The van der Waals surface area contributed by atoms with E-state index in [0.717, 1.165) is 3.57 Å². The van der Waals surface area contributed by atoms with Crippen molar-refractivity contribution in [2.45, 2.75) is 25.7 Å². The fourth-order valence-corrected chi connectivity index (χ4v) is 8.98. The number of hydrogen-bond donors (Lipinski definition) is 2. The minimum atomic E-state index is -2.38. The highest BCUT2D eigenvalue weighted by molar-refractivity contribution is 14.1. The molecular formula is C50H33F10IMgN4O2Si. The molecule has 0 fully saturated rings. The number of carbonyl (C=O) groups excluding carboxylic acids is 1. The highest BCUT2D eigenvalue weighted by Gasteiger charge is 2.32. The largest absolute Gasteiger partial charge is 0.462 e. The molecule has 9 rings (SSSR count). The fraction of sp³-hybridized carbons (Fsp3) is 0.100. The molecule has 2 N–H and O–H groups in total. The van der Waals surface area contributed by atoms with Crippen LogP contribution in [0.15, 0.2) is 72.8 Å². The molecule has 0 unspecified atom stereocenters. The lowest BCUT2D eigenvalue weighted by molar-refractivity contribution is 0.0525. The third-order valence-electron chi connectivity index (χ3n) is 11.3. The van der Waals surface area contributed by atoms with E-state index in [-0.39, 0.29) is 91.2 Å². The minimum Gasteiger partial charge on any atom is -0.462 e. The summed E-state index contributed by atoms with van der Waals surface area (Å²) in [6.45, 7) is 6.55. The van der Waals surface area contributed by atoms with Gasteiger partial charge in [0.2, 0.25) is 11.6 Å². The zero-order valence-corrected chi connectivity index (χ0v) is 38.7. The molecule has 2 aliphatic heterocycles. The lowest BCUT2D eigenvalue weighted by Crippen LogP contribution is -2.22. The van der Waals surface area contributed by atoms with Crippen LogP contribution < -0.4 is 0 Å². The van der Waals surface area contributed by atoms with E-state index in [4.69, 9.17) is 4.74 Å². The van der Waals surface area contributed by atoms with Gasteiger partial charge in [-0.3, -0.25) is 0 Å². The van der Waals surface area contributed by atoms with Crippen molar-refractivity contribution in [1.29, 1.82) is 0 Å². The van der Waals surface area contributed by atoms with Crippen molar-refractivity contribution in [2.24, 2.45) is 0 Å². The number of halogens is 11. The van der Waals surface area contributed by atoms with E-state index in [1.807, 2.05) is 0 Å². The van der Waals surface area contributed by atoms with Gasteiger partial charge in [-0.1, -0.05) is 43.9 Å². The second-order valence-electron chi connectivity index (χ2n) is 16.9. The standard InChI is InChI=1S/C50H31F10IN4O2Si.Mg.2H/c1-68(2,3)21-20-67-50(66)24-6-4-22(5-7-24)34-26-12-16-30(62-26)36(38-40(51)44(55)48(59)45(56)41(38)52)32-18-14-28(64-32)35(23-8-10-25(61)11-9-23)29-15-19-33(65-29)37(31-17-13-27(34)63-31)39-42(53)46(57)49(60)47(58)43(39)54;;;/h4-19,62,65H,20-21H2,1-3H3;;;. The summed E-state index contributed by atoms with van der Waals surface area (Å²) in [4.78, 5) is 28.5. The number of carbonyl (C=O) groups is 1. The Bertz CT molecular complexity index is 3390. The molecule has 2 aliphatic rings. The maximum absolute atomic E-state index is 16.0. The SMILES string of the molecule is C[Si](C)(C)CCOC(=O)c1ccc(-c2c3nc(c(-c4c(F)c(F)c(F)c(F)c4F)c4ccc([nH]4)c(-c4ccc(I)cc4)c4nc(c(-c5c(F)c(F)c(F)c(F)c5F)c5ccc2[nH]5)C=C4)C=C3)cc1.[MgH2]. The summed E-state index contributed by atoms with van der Waals surface area (Å²) in [6, 6.07) is 18.9. The number of aromatic nitrogens is 4. The molecule has 3 aromatic heterocycles. The number of aromatic amines is 2. The molecular weight excluding hydrogens is 1060 g/mol. The summed E-state index contributed by atoms with van der Waals surface area (Å²) < 4.78 is 160. The smallest absolute Gasteiger partial charge is 0.338 e. The maximum atomic E-state index is 16.0. The van der Waals surface area contributed by atoms with Gasteiger partial charge in [-0.25, -0.2) is 58.7 Å². The molecule has 0 amide bonds. The zero-order valence-electron chi connectivity index (χ0n) is 35.5. The Morgan fingerprint density at radius 1 is 0.478 bits per heavy atom. The first-order valence-electron chi connectivity index (χ1n) is 20.6. The van der Waals surface area contributed by atoms with Crippen LogP contribution in [0.1, 0.15) is 33.1 Å². The highest BCUT2D eigenvalue weighted by Crippen LogP contribution is 2.42. The summed E-state index contributed by atoms with van der Waals surface area (Å²) in [5, 5.41) is 0. The molecule has 0 atom stereocenters. The first kappa shape index (κ1) is 49.4. The Kier molecular flexibility index (Phi) is 13.6. The van der Waals surface area contributed by atoms with Crippen molar-refractivity contribution >= 4 is 106 Å². The predicted octanol–water partition coefficient (Wildman–Crippen LogP) is 13.9. The van der Waals surface area contributed by atoms with E-state index in [9.17, 15) is 13.6 Å². The van der Waals surface area contributed by atoms with E-state index in [1.54, 1.807) is 24.3 Å². The summed E-state index contributed by atoms with van der Waals surface area (Å²) in [5.74, 6) is -22.8. The quantitative estimate of drug-likeness (QED) is 0.0397. The molecule has 348 valence electrons. The summed E-state index contributed by atoms with van der Waals surface area (Å²) in [5.41, 5.74) is -3.02. The van der Waals surface area contributed by atoms with Gasteiger partial charge in [-0.05, 0) is 113 Å². The van der Waals surface area contributed by atoms with Gasteiger partial charge in [0.1, 0.15) is 0 Å². The Morgan fingerprint density at radius 3 is 1.16 bits per heavy atom. The second-order valence-corrected chi connectivity index (χ2v) is 23.8. The first-order valence-corrected chi connectivity index (χ1v) is 25.3. The molecule has 8 bridgehead atoms. The van der Waals surface area contributed by atoms with Crippen molar-refractivity contribution < 1.29 is 53.4 Å². The Hall–Kier alpha value is -6.04.